The lowest BCUT2D eigenvalue weighted by atomic mass is 10.0. The van der Waals surface area contributed by atoms with Crippen LogP contribution in [0.15, 0.2) is 78.9 Å². The average Bonchev–Trinajstić information content (AvgIpc) is 3.61. The van der Waals surface area contributed by atoms with Crippen molar-refractivity contribution in [3.8, 4) is 46.3 Å². The van der Waals surface area contributed by atoms with E-state index < -0.39 is 4.92 Å². The van der Waals surface area contributed by atoms with Gasteiger partial charge in [-0.3, -0.25) is 10.1 Å². The maximum absolute atomic E-state index is 11.0. The standard InChI is InChI=1S/C53H65NO4/c1-3-5-7-9-11-13-15-17-19-21-37-57-52-36-31-46(41-53(52)58-38-22-20-18-16-14-12-10-8-6-4-2)26-25-45-30-35-51-48(40-45)42-47-39-44(29-34-50(47)51)24-23-43-27-32-49(33-28-43)54(55)56/h27-36,39-41H,3-22,37-38,42H2,1-2H3. The molecule has 0 heterocycles. The molecule has 5 nitrogen and oxygen atoms in total. The van der Waals surface area contributed by atoms with Crippen molar-refractivity contribution in [2.24, 2.45) is 0 Å². The van der Waals surface area contributed by atoms with Gasteiger partial charge >= 0.3 is 0 Å². The molecule has 0 fully saturated rings. The molecule has 1 aliphatic carbocycles. The molecule has 1 aliphatic rings. The first-order valence-corrected chi connectivity index (χ1v) is 22.5. The van der Waals surface area contributed by atoms with Gasteiger partial charge in [0.25, 0.3) is 5.69 Å². The van der Waals surface area contributed by atoms with Crippen LogP contribution in [-0.2, 0) is 6.42 Å². The van der Waals surface area contributed by atoms with Crippen LogP contribution in [0.2, 0.25) is 0 Å². The molecular weight excluding hydrogens is 715 g/mol. The third-order valence-electron chi connectivity index (χ3n) is 11.1. The van der Waals surface area contributed by atoms with Crippen LogP contribution in [-0.4, -0.2) is 18.1 Å². The molecule has 0 unspecified atom stereocenters. The predicted octanol–water partition coefficient (Wildman–Crippen LogP) is 14.6. The van der Waals surface area contributed by atoms with Crippen molar-refractivity contribution >= 4 is 5.69 Å². The van der Waals surface area contributed by atoms with Crippen molar-refractivity contribution in [2.75, 3.05) is 13.2 Å². The minimum Gasteiger partial charge on any atom is -0.490 e. The number of benzene rings is 4. The molecule has 0 bridgehead atoms. The highest BCUT2D eigenvalue weighted by Crippen LogP contribution is 2.37. The van der Waals surface area contributed by atoms with E-state index in [1.54, 1.807) is 12.1 Å². The van der Waals surface area contributed by atoms with E-state index in [1.807, 2.05) is 12.1 Å². The van der Waals surface area contributed by atoms with Gasteiger partial charge in [0.1, 0.15) is 0 Å². The monoisotopic (exact) mass is 779 g/mol. The molecular formula is C53H65NO4. The van der Waals surface area contributed by atoms with Crippen molar-refractivity contribution in [3.05, 3.63) is 122 Å². The normalized spacial score (nSPS) is 11.2. The topological polar surface area (TPSA) is 61.6 Å². The van der Waals surface area contributed by atoms with Crippen LogP contribution in [0.3, 0.4) is 0 Å². The number of rotatable bonds is 25. The van der Waals surface area contributed by atoms with Gasteiger partial charge in [0.15, 0.2) is 11.5 Å². The van der Waals surface area contributed by atoms with E-state index in [-0.39, 0.29) is 5.69 Å². The number of fused-ring (bicyclic) bond motifs is 3. The summed E-state index contributed by atoms with van der Waals surface area (Å²) in [5.74, 6) is 14.8. The maximum atomic E-state index is 11.0. The van der Waals surface area contributed by atoms with E-state index in [4.69, 9.17) is 9.47 Å². The van der Waals surface area contributed by atoms with E-state index in [2.05, 4.69) is 80.0 Å². The van der Waals surface area contributed by atoms with Gasteiger partial charge < -0.3 is 9.47 Å². The van der Waals surface area contributed by atoms with Gasteiger partial charge in [-0.2, -0.15) is 0 Å². The minimum atomic E-state index is -0.398. The second-order valence-corrected chi connectivity index (χ2v) is 15.9. The first-order valence-electron chi connectivity index (χ1n) is 22.5. The Balaban J connectivity index is 1.15. The fourth-order valence-corrected chi connectivity index (χ4v) is 7.68. The van der Waals surface area contributed by atoms with Crippen LogP contribution in [0.25, 0.3) is 11.1 Å². The Bertz CT molecular complexity index is 1990. The van der Waals surface area contributed by atoms with E-state index in [0.29, 0.717) is 13.2 Å². The maximum Gasteiger partial charge on any atom is 0.269 e. The average molecular weight is 780 g/mol. The van der Waals surface area contributed by atoms with Crippen molar-refractivity contribution < 1.29 is 14.4 Å². The fraction of sp³-hybridized carbons (Fsp3) is 0.472. The first-order chi connectivity index (χ1) is 28.5. The minimum absolute atomic E-state index is 0.0658. The van der Waals surface area contributed by atoms with E-state index in [1.165, 1.54) is 150 Å². The predicted molar refractivity (Wildman–Crippen MR) is 241 cm³/mol. The van der Waals surface area contributed by atoms with Crippen LogP contribution >= 0.6 is 0 Å². The summed E-state index contributed by atoms with van der Waals surface area (Å²) < 4.78 is 12.7. The molecule has 0 spiro atoms. The Morgan fingerprint density at radius 1 is 0.466 bits per heavy atom. The molecule has 0 saturated heterocycles. The number of nitrogens with zero attached hydrogens (tertiary/aromatic N) is 1. The van der Waals surface area contributed by atoms with E-state index >= 15 is 0 Å². The molecule has 306 valence electrons. The van der Waals surface area contributed by atoms with Gasteiger partial charge in [0.05, 0.1) is 18.1 Å². The molecule has 0 radical (unpaired) electrons. The molecule has 5 rings (SSSR count). The van der Waals surface area contributed by atoms with Crippen molar-refractivity contribution in [1.29, 1.82) is 0 Å². The Kier molecular flexibility index (Phi) is 19.3. The molecule has 5 heteroatoms. The van der Waals surface area contributed by atoms with Crippen LogP contribution < -0.4 is 9.47 Å². The Morgan fingerprint density at radius 2 is 0.845 bits per heavy atom. The van der Waals surface area contributed by atoms with Crippen LogP contribution in [0.4, 0.5) is 5.69 Å². The second-order valence-electron chi connectivity index (χ2n) is 15.9. The van der Waals surface area contributed by atoms with Gasteiger partial charge in [0, 0.05) is 34.4 Å². The van der Waals surface area contributed by atoms with Gasteiger partial charge in [0.2, 0.25) is 0 Å². The SMILES string of the molecule is CCCCCCCCCCCCOc1ccc(C#Cc2ccc3c(c2)Cc2cc(C#Cc4ccc([N+](=O)[O-])cc4)ccc2-3)cc1OCCCCCCCCCCCC. The number of hydrogen-bond donors (Lipinski definition) is 0. The summed E-state index contributed by atoms with van der Waals surface area (Å²) >= 11 is 0. The summed E-state index contributed by atoms with van der Waals surface area (Å²) in [6, 6.07) is 25.3. The zero-order chi connectivity index (χ0) is 40.6. The molecule has 58 heavy (non-hydrogen) atoms. The number of ether oxygens (including phenoxy) is 2. The van der Waals surface area contributed by atoms with Crippen LogP contribution in [0, 0.1) is 33.8 Å². The molecule has 0 atom stereocenters. The Labute approximate surface area is 349 Å². The Morgan fingerprint density at radius 3 is 1.31 bits per heavy atom. The number of nitro benzene ring substituents is 1. The smallest absolute Gasteiger partial charge is 0.269 e. The third kappa shape index (κ3) is 15.1. The summed E-state index contributed by atoms with van der Waals surface area (Å²) in [5.41, 5.74) is 8.62. The van der Waals surface area contributed by atoms with E-state index in [9.17, 15) is 10.1 Å². The first kappa shape index (κ1) is 44.1. The molecule has 0 amide bonds. The number of hydrogen-bond acceptors (Lipinski definition) is 4. The highest BCUT2D eigenvalue weighted by molar-refractivity contribution is 5.78. The van der Waals surface area contributed by atoms with E-state index in [0.717, 1.165) is 53.0 Å². The third-order valence-corrected chi connectivity index (χ3v) is 11.1. The highest BCUT2D eigenvalue weighted by Gasteiger charge is 2.18. The summed E-state index contributed by atoms with van der Waals surface area (Å²) in [6.45, 7) is 5.96. The quantitative estimate of drug-likeness (QED) is 0.0256. The number of nitro groups is 1. The summed E-state index contributed by atoms with van der Waals surface area (Å²) in [5, 5.41) is 11.0. The highest BCUT2D eigenvalue weighted by atomic mass is 16.6. The lowest BCUT2D eigenvalue weighted by Gasteiger charge is -2.13. The zero-order valence-electron chi connectivity index (χ0n) is 35.3. The fourth-order valence-electron chi connectivity index (χ4n) is 7.68. The lowest BCUT2D eigenvalue weighted by molar-refractivity contribution is -0.384. The van der Waals surface area contributed by atoms with Crippen molar-refractivity contribution in [3.63, 3.8) is 0 Å². The lowest BCUT2D eigenvalue weighted by Crippen LogP contribution is -2.03. The van der Waals surface area contributed by atoms with Gasteiger partial charge in [-0.25, -0.2) is 0 Å². The van der Waals surface area contributed by atoms with Crippen molar-refractivity contribution in [1.82, 2.24) is 0 Å². The molecule has 0 aromatic heterocycles. The zero-order valence-corrected chi connectivity index (χ0v) is 35.3. The van der Waals surface area contributed by atoms with Gasteiger partial charge in [-0.1, -0.05) is 165 Å². The Hall–Kier alpha value is -5.00. The van der Waals surface area contributed by atoms with Crippen LogP contribution in [0.1, 0.15) is 176 Å². The van der Waals surface area contributed by atoms with Gasteiger partial charge in [-0.15, -0.1) is 0 Å². The van der Waals surface area contributed by atoms with Gasteiger partial charge in [-0.05, 0) is 96.1 Å². The summed E-state index contributed by atoms with van der Waals surface area (Å²) in [7, 11) is 0. The molecule has 4 aromatic carbocycles. The van der Waals surface area contributed by atoms with Crippen LogP contribution in [0.5, 0.6) is 11.5 Å². The van der Waals surface area contributed by atoms with Crippen molar-refractivity contribution in [2.45, 2.75) is 149 Å². The summed E-state index contributed by atoms with van der Waals surface area (Å²) in [4.78, 5) is 10.6. The number of unbranched alkanes of at least 4 members (excludes halogenated alkanes) is 18. The largest absolute Gasteiger partial charge is 0.490 e. The number of non-ortho nitro benzene ring substituents is 1. The molecule has 0 saturated carbocycles. The molecule has 0 N–H and O–H groups in total. The second kappa shape index (κ2) is 25.4. The molecule has 0 aliphatic heterocycles. The molecule has 4 aromatic rings. The summed E-state index contributed by atoms with van der Waals surface area (Å²) in [6.07, 6.45) is 26.9.